The molecular formula is C14H16N2O4. The normalized spacial score (nSPS) is 20.4. The van der Waals surface area contributed by atoms with Crippen LogP contribution in [-0.2, 0) is 0 Å². The standard InChI is InChI=1S/C14H16N2O4/c1-9-2-5-12(16(19)20)11(6-9)13(17)15-7-14(18,8-15)10-3-4-10/h2,5-6,10,18H,3-4,7-8H2,1H3. The van der Waals surface area contributed by atoms with Crippen LogP contribution in [-0.4, -0.2) is 39.5 Å². The van der Waals surface area contributed by atoms with Crippen molar-refractivity contribution in [2.45, 2.75) is 25.4 Å². The highest BCUT2D eigenvalue weighted by molar-refractivity contribution is 5.99. The molecule has 1 saturated heterocycles. The molecule has 1 saturated carbocycles. The van der Waals surface area contributed by atoms with E-state index in [1.165, 1.54) is 17.0 Å². The molecule has 106 valence electrons. The Morgan fingerprint density at radius 3 is 2.65 bits per heavy atom. The SMILES string of the molecule is Cc1ccc([N+](=O)[O-])c(C(=O)N2CC(O)(C3CC3)C2)c1. The third kappa shape index (κ3) is 2.06. The van der Waals surface area contributed by atoms with Gasteiger partial charge in [0.2, 0.25) is 0 Å². The molecule has 1 aliphatic carbocycles. The first-order valence-electron chi connectivity index (χ1n) is 6.67. The summed E-state index contributed by atoms with van der Waals surface area (Å²) in [4.78, 5) is 24.3. The van der Waals surface area contributed by atoms with E-state index >= 15 is 0 Å². The second-order valence-corrected chi connectivity index (χ2v) is 5.82. The molecule has 0 aromatic heterocycles. The number of nitrogens with zero attached hydrogens (tertiary/aromatic N) is 2. The van der Waals surface area contributed by atoms with Gasteiger partial charge in [0.1, 0.15) is 11.2 Å². The number of aliphatic hydroxyl groups is 1. The second kappa shape index (κ2) is 4.28. The maximum atomic E-state index is 12.3. The Morgan fingerprint density at radius 1 is 1.45 bits per heavy atom. The monoisotopic (exact) mass is 276 g/mol. The highest BCUT2D eigenvalue weighted by atomic mass is 16.6. The Labute approximate surface area is 116 Å². The molecule has 1 amide bonds. The van der Waals surface area contributed by atoms with Gasteiger partial charge >= 0.3 is 0 Å². The van der Waals surface area contributed by atoms with Gasteiger partial charge in [-0.3, -0.25) is 14.9 Å². The minimum Gasteiger partial charge on any atom is -0.386 e. The number of hydrogen-bond acceptors (Lipinski definition) is 4. The number of benzene rings is 1. The van der Waals surface area contributed by atoms with Crippen LogP contribution >= 0.6 is 0 Å². The van der Waals surface area contributed by atoms with Crippen molar-refractivity contribution in [1.29, 1.82) is 0 Å². The van der Waals surface area contributed by atoms with Gasteiger partial charge in [-0.25, -0.2) is 0 Å². The Bertz CT molecular complexity index is 589. The van der Waals surface area contributed by atoms with E-state index < -0.39 is 10.5 Å². The van der Waals surface area contributed by atoms with Gasteiger partial charge in [0.25, 0.3) is 11.6 Å². The quantitative estimate of drug-likeness (QED) is 0.669. The fraction of sp³-hybridized carbons (Fsp3) is 0.500. The molecule has 6 nitrogen and oxygen atoms in total. The predicted molar refractivity (Wildman–Crippen MR) is 71.4 cm³/mol. The van der Waals surface area contributed by atoms with Crippen LogP contribution in [0.5, 0.6) is 0 Å². The molecule has 6 heteroatoms. The molecule has 1 aliphatic heterocycles. The van der Waals surface area contributed by atoms with E-state index in [1.54, 1.807) is 13.0 Å². The molecular weight excluding hydrogens is 260 g/mol. The zero-order chi connectivity index (χ0) is 14.5. The summed E-state index contributed by atoms with van der Waals surface area (Å²) in [6, 6.07) is 4.51. The smallest absolute Gasteiger partial charge is 0.282 e. The van der Waals surface area contributed by atoms with Crippen LogP contribution in [0.4, 0.5) is 5.69 Å². The van der Waals surface area contributed by atoms with Crippen LogP contribution < -0.4 is 0 Å². The summed E-state index contributed by atoms with van der Waals surface area (Å²) in [5.74, 6) is -0.0789. The number of amides is 1. The Balaban J connectivity index is 1.81. The molecule has 1 aromatic carbocycles. The third-order valence-corrected chi connectivity index (χ3v) is 4.13. The summed E-state index contributed by atoms with van der Waals surface area (Å²) in [5.41, 5.74) is -0.0407. The number of nitro groups is 1. The van der Waals surface area contributed by atoms with E-state index in [-0.39, 0.29) is 30.2 Å². The number of carbonyl (C=O) groups excluding carboxylic acids is 1. The molecule has 1 heterocycles. The fourth-order valence-corrected chi connectivity index (χ4v) is 2.79. The average molecular weight is 276 g/mol. The van der Waals surface area contributed by atoms with Gasteiger partial charge in [-0.2, -0.15) is 0 Å². The van der Waals surface area contributed by atoms with Crippen molar-refractivity contribution in [3.63, 3.8) is 0 Å². The maximum absolute atomic E-state index is 12.3. The summed E-state index contributed by atoms with van der Waals surface area (Å²) >= 11 is 0. The summed E-state index contributed by atoms with van der Waals surface area (Å²) in [6.07, 6.45) is 2.01. The lowest BCUT2D eigenvalue weighted by Gasteiger charge is -2.46. The van der Waals surface area contributed by atoms with Crippen molar-refractivity contribution >= 4 is 11.6 Å². The van der Waals surface area contributed by atoms with E-state index in [0.29, 0.717) is 5.92 Å². The van der Waals surface area contributed by atoms with E-state index in [1.807, 2.05) is 0 Å². The zero-order valence-corrected chi connectivity index (χ0v) is 11.2. The number of nitro benzene ring substituents is 1. The van der Waals surface area contributed by atoms with Crippen molar-refractivity contribution < 1.29 is 14.8 Å². The highest BCUT2D eigenvalue weighted by Crippen LogP contribution is 2.45. The van der Waals surface area contributed by atoms with Crippen LogP contribution in [0.2, 0.25) is 0 Å². The Hall–Kier alpha value is -1.95. The second-order valence-electron chi connectivity index (χ2n) is 5.82. The van der Waals surface area contributed by atoms with Gasteiger partial charge in [-0.15, -0.1) is 0 Å². The number of carbonyl (C=O) groups is 1. The van der Waals surface area contributed by atoms with Crippen molar-refractivity contribution in [2.75, 3.05) is 13.1 Å². The number of likely N-dealkylation sites (tertiary alicyclic amines) is 1. The number of aryl methyl sites for hydroxylation is 1. The van der Waals surface area contributed by atoms with Gasteiger partial charge in [-0.05, 0) is 37.3 Å². The molecule has 0 atom stereocenters. The summed E-state index contributed by atoms with van der Waals surface area (Å²) in [5, 5.41) is 21.2. The number of β-amino-alcohol motifs (C(OH)–C–C–N with tert-alkyl or cyclic N) is 1. The lowest BCUT2D eigenvalue weighted by molar-refractivity contribution is -0.385. The molecule has 0 radical (unpaired) electrons. The molecule has 0 unspecified atom stereocenters. The predicted octanol–water partition coefficient (Wildman–Crippen LogP) is 1.50. The van der Waals surface area contributed by atoms with E-state index in [0.717, 1.165) is 18.4 Å². The van der Waals surface area contributed by atoms with Crippen LogP contribution in [0.1, 0.15) is 28.8 Å². The molecule has 2 aliphatic rings. The zero-order valence-electron chi connectivity index (χ0n) is 11.2. The van der Waals surface area contributed by atoms with Crippen LogP contribution in [0.3, 0.4) is 0 Å². The van der Waals surface area contributed by atoms with Crippen molar-refractivity contribution in [3.8, 4) is 0 Å². The molecule has 20 heavy (non-hydrogen) atoms. The summed E-state index contributed by atoms with van der Waals surface area (Å²) in [7, 11) is 0. The Kier molecular flexibility index (Phi) is 2.79. The van der Waals surface area contributed by atoms with Gasteiger partial charge in [0.15, 0.2) is 0 Å². The average Bonchev–Trinajstić information content (AvgIpc) is 3.18. The molecule has 3 rings (SSSR count). The van der Waals surface area contributed by atoms with Gasteiger partial charge in [0, 0.05) is 6.07 Å². The molecule has 0 spiro atoms. The molecule has 1 N–H and O–H groups in total. The number of hydrogen-bond donors (Lipinski definition) is 1. The highest BCUT2D eigenvalue weighted by Gasteiger charge is 2.53. The molecule has 1 aromatic rings. The first-order chi connectivity index (χ1) is 9.40. The van der Waals surface area contributed by atoms with Crippen molar-refractivity contribution in [2.24, 2.45) is 5.92 Å². The van der Waals surface area contributed by atoms with Gasteiger partial charge in [-0.1, -0.05) is 6.07 Å². The summed E-state index contributed by atoms with van der Waals surface area (Å²) < 4.78 is 0. The van der Waals surface area contributed by atoms with Gasteiger partial charge in [0.05, 0.1) is 18.0 Å². The van der Waals surface area contributed by atoms with E-state index in [4.69, 9.17) is 0 Å². The van der Waals surface area contributed by atoms with Crippen LogP contribution in [0.25, 0.3) is 0 Å². The maximum Gasteiger partial charge on any atom is 0.282 e. The first kappa shape index (κ1) is 13.1. The van der Waals surface area contributed by atoms with Gasteiger partial charge < -0.3 is 10.0 Å². The van der Waals surface area contributed by atoms with Crippen molar-refractivity contribution in [3.05, 3.63) is 39.4 Å². The lowest BCUT2D eigenvalue weighted by Crippen LogP contribution is -2.64. The van der Waals surface area contributed by atoms with E-state index in [9.17, 15) is 20.0 Å². The number of rotatable bonds is 3. The minimum absolute atomic E-state index is 0.104. The van der Waals surface area contributed by atoms with Crippen molar-refractivity contribution in [1.82, 2.24) is 4.90 Å². The lowest BCUT2D eigenvalue weighted by atomic mass is 9.88. The summed E-state index contributed by atoms with van der Waals surface area (Å²) in [6.45, 7) is 2.35. The van der Waals surface area contributed by atoms with E-state index in [2.05, 4.69) is 0 Å². The Morgan fingerprint density at radius 2 is 2.10 bits per heavy atom. The topological polar surface area (TPSA) is 83.7 Å². The first-order valence-corrected chi connectivity index (χ1v) is 6.67. The van der Waals surface area contributed by atoms with Crippen LogP contribution in [0.15, 0.2) is 18.2 Å². The van der Waals surface area contributed by atoms with Crippen LogP contribution in [0, 0.1) is 23.0 Å². The molecule has 2 fully saturated rings. The minimum atomic E-state index is -0.770. The fourth-order valence-electron chi connectivity index (χ4n) is 2.79. The largest absolute Gasteiger partial charge is 0.386 e. The molecule has 0 bridgehead atoms. The third-order valence-electron chi connectivity index (χ3n) is 4.13.